The van der Waals surface area contributed by atoms with E-state index in [1.165, 1.54) is 32.4 Å². The van der Waals surface area contributed by atoms with Crippen LogP contribution < -0.4 is 0 Å². The van der Waals surface area contributed by atoms with Gasteiger partial charge < -0.3 is 4.90 Å². The fourth-order valence-corrected chi connectivity index (χ4v) is 1.96. The van der Waals surface area contributed by atoms with Crippen molar-refractivity contribution >= 4 is 0 Å². The monoisotopic (exact) mass is 154 g/mol. The molecule has 2 heteroatoms. The number of hydrogen-bond acceptors (Lipinski definition) is 2. The molecule has 0 spiro atoms. The van der Waals surface area contributed by atoms with Gasteiger partial charge in [0.1, 0.15) is 0 Å². The van der Waals surface area contributed by atoms with Gasteiger partial charge >= 0.3 is 0 Å². The highest BCUT2D eigenvalue weighted by Gasteiger charge is 2.34. The van der Waals surface area contributed by atoms with Crippen LogP contribution >= 0.6 is 0 Å². The lowest BCUT2D eigenvalue weighted by Gasteiger charge is -2.19. The van der Waals surface area contributed by atoms with E-state index in [0.717, 1.165) is 12.1 Å². The molecule has 0 aromatic rings. The molecule has 0 aromatic heterocycles. The van der Waals surface area contributed by atoms with E-state index >= 15 is 0 Å². The maximum absolute atomic E-state index is 2.66. The van der Waals surface area contributed by atoms with Crippen LogP contribution in [0.5, 0.6) is 0 Å². The van der Waals surface area contributed by atoms with Crippen molar-refractivity contribution in [1.82, 2.24) is 9.80 Å². The lowest BCUT2D eigenvalue weighted by Crippen LogP contribution is -2.32. The molecule has 1 aliphatic heterocycles. The standard InChI is InChI=1S/C9H18N2/c1-10(2)9-5-6-11(7-9)8-3-4-8/h8-9H,3-7H2,1-2H3/t9-/m0/s1. The van der Waals surface area contributed by atoms with Gasteiger partial charge in [-0.3, -0.25) is 4.90 Å². The molecule has 1 aliphatic carbocycles. The molecule has 1 saturated carbocycles. The summed E-state index contributed by atoms with van der Waals surface area (Å²) in [5.41, 5.74) is 0. The van der Waals surface area contributed by atoms with Crippen LogP contribution in [0.15, 0.2) is 0 Å². The van der Waals surface area contributed by atoms with Gasteiger partial charge in [0.05, 0.1) is 0 Å². The van der Waals surface area contributed by atoms with Crippen LogP contribution in [0.4, 0.5) is 0 Å². The second kappa shape index (κ2) is 2.76. The molecule has 0 radical (unpaired) electrons. The van der Waals surface area contributed by atoms with Crippen LogP contribution in [-0.2, 0) is 0 Å². The summed E-state index contributed by atoms with van der Waals surface area (Å²) in [6.07, 6.45) is 4.30. The Balaban J connectivity index is 1.82. The zero-order valence-electron chi connectivity index (χ0n) is 7.58. The van der Waals surface area contributed by atoms with Crippen molar-refractivity contribution in [3.63, 3.8) is 0 Å². The molecule has 0 aromatic carbocycles. The Bertz CT molecular complexity index is 132. The lowest BCUT2D eigenvalue weighted by atomic mass is 10.2. The first-order chi connectivity index (χ1) is 5.27. The molecular weight excluding hydrogens is 136 g/mol. The second-order valence-electron chi connectivity index (χ2n) is 4.13. The van der Waals surface area contributed by atoms with Crippen LogP contribution in [0.3, 0.4) is 0 Å². The third-order valence-electron chi connectivity index (χ3n) is 2.99. The van der Waals surface area contributed by atoms with Gasteiger partial charge in [-0.15, -0.1) is 0 Å². The van der Waals surface area contributed by atoms with Gasteiger partial charge in [-0.2, -0.15) is 0 Å². The largest absolute Gasteiger partial charge is 0.305 e. The molecule has 1 atom stereocenters. The Morgan fingerprint density at radius 3 is 2.36 bits per heavy atom. The minimum absolute atomic E-state index is 0.829. The van der Waals surface area contributed by atoms with Crippen molar-refractivity contribution < 1.29 is 0 Å². The van der Waals surface area contributed by atoms with Gasteiger partial charge in [0, 0.05) is 25.2 Å². The van der Waals surface area contributed by atoms with Crippen molar-refractivity contribution in [2.45, 2.75) is 31.3 Å². The van der Waals surface area contributed by atoms with E-state index in [1.807, 2.05) is 0 Å². The highest BCUT2D eigenvalue weighted by molar-refractivity contribution is 4.91. The Kier molecular flexibility index (Phi) is 1.90. The highest BCUT2D eigenvalue weighted by Crippen LogP contribution is 2.30. The average molecular weight is 154 g/mol. The van der Waals surface area contributed by atoms with E-state index in [4.69, 9.17) is 0 Å². The lowest BCUT2D eigenvalue weighted by molar-refractivity contribution is 0.263. The Hall–Kier alpha value is -0.0800. The van der Waals surface area contributed by atoms with Gasteiger partial charge in [0.25, 0.3) is 0 Å². The summed E-state index contributed by atoms with van der Waals surface area (Å²) in [5.74, 6) is 0. The van der Waals surface area contributed by atoms with E-state index in [9.17, 15) is 0 Å². The predicted molar refractivity (Wildman–Crippen MR) is 46.7 cm³/mol. The van der Waals surface area contributed by atoms with Crippen LogP contribution in [0.25, 0.3) is 0 Å². The topological polar surface area (TPSA) is 6.48 Å². The first-order valence-electron chi connectivity index (χ1n) is 4.68. The molecule has 0 unspecified atom stereocenters. The SMILES string of the molecule is CN(C)[C@H]1CCN(C2CC2)C1. The van der Waals surface area contributed by atoms with Gasteiger partial charge in [-0.1, -0.05) is 0 Å². The maximum atomic E-state index is 2.66. The zero-order chi connectivity index (χ0) is 7.84. The summed E-state index contributed by atoms with van der Waals surface area (Å²) in [6, 6.07) is 1.80. The summed E-state index contributed by atoms with van der Waals surface area (Å²) in [5, 5.41) is 0. The summed E-state index contributed by atoms with van der Waals surface area (Å²) >= 11 is 0. The van der Waals surface area contributed by atoms with E-state index in [-0.39, 0.29) is 0 Å². The number of rotatable bonds is 2. The molecule has 0 bridgehead atoms. The summed E-state index contributed by atoms with van der Waals surface area (Å²) in [4.78, 5) is 5.02. The third-order valence-corrected chi connectivity index (χ3v) is 2.99. The zero-order valence-corrected chi connectivity index (χ0v) is 7.58. The Morgan fingerprint density at radius 2 is 1.91 bits per heavy atom. The fraction of sp³-hybridized carbons (Fsp3) is 1.00. The van der Waals surface area contributed by atoms with E-state index in [1.54, 1.807) is 0 Å². The molecule has 2 fully saturated rings. The van der Waals surface area contributed by atoms with Crippen LogP contribution in [-0.4, -0.2) is 49.1 Å². The van der Waals surface area contributed by atoms with Crippen molar-refractivity contribution in [3.8, 4) is 0 Å². The molecule has 64 valence electrons. The van der Waals surface area contributed by atoms with Crippen LogP contribution in [0.2, 0.25) is 0 Å². The van der Waals surface area contributed by atoms with Crippen molar-refractivity contribution in [2.24, 2.45) is 0 Å². The molecule has 0 N–H and O–H groups in total. The quantitative estimate of drug-likeness (QED) is 0.580. The number of hydrogen-bond donors (Lipinski definition) is 0. The first kappa shape index (κ1) is 7.56. The average Bonchev–Trinajstić information content (AvgIpc) is 2.68. The van der Waals surface area contributed by atoms with Crippen LogP contribution in [0, 0.1) is 0 Å². The number of likely N-dealkylation sites (tertiary alicyclic amines) is 1. The molecule has 11 heavy (non-hydrogen) atoms. The van der Waals surface area contributed by atoms with Crippen molar-refractivity contribution in [3.05, 3.63) is 0 Å². The predicted octanol–water partition coefficient (Wildman–Crippen LogP) is 0.785. The molecular formula is C9H18N2. The maximum Gasteiger partial charge on any atom is 0.0229 e. The summed E-state index contributed by atoms with van der Waals surface area (Å²) < 4.78 is 0. The summed E-state index contributed by atoms with van der Waals surface area (Å²) in [6.45, 7) is 2.66. The molecule has 2 nitrogen and oxygen atoms in total. The fourth-order valence-electron chi connectivity index (χ4n) is 1.96. The molecule has 0 amide bonds. The summed E-state index contributed by atoms with van der Waals surface area (Å²) in [7, 11) is 4.39. The minimum Gasteiger partial charge on any atom is -0.305 e. The van der Waals surface area contributed by atoms with Gasteiger partial charge in [0.15, 0.2) is 0 Å². The van der Waals surface area contributed by atoms with E-state index in [2.05, 4.69) is 23.9 Å². The second-order valence-corrected chi connectivity index (χ2v) is 4.13. The van der Waals surface area contributed by atoms with Crippen molar-refractivity contribution in [1.29, 1.82) is 0 Å². The number of nitrogens with zero attached hydrogens (tertiary/aromatic N) is 2. The van der Waals surface area contributed by atoms with Crippen LogP contribution in [0.1, 0.15) is 19.3 Å². The Labute approximate surface area is 69.2 Å². The highest BCUT2D eigenvalue weighted by atomic mass is 15.3. The normalized spacial score (nSPS) is 33.5. The van der Waals surface area contributed by atoms with E-state index in [0.29, 0.717) is 0 Å². The molecule has 1 saturated heterocycles. The number of likely N-dealkylation sites (N-methyl/N-ethyl adjacent to an activating group) is 1. The molecule has 2 aliphatic rings. The Morgan fingerprint density at radius 1 is 1.18 bits per heavy atom. The molecule has 2 rings (SSSR count). The smallest absolute Gasteiger partial charge is 0.0229 e. The van der Waals surface area contributed by atoms with Gasteiger partial charge in [0.2, 0.25) is 0 Å². The minimum atomic E-state index is 0.829. The van der Waals surface area contributed by atoms with Crippen molar-refractivity contribution in [2.75, 3.05) is 27.2 Å². The third kappa shape index (κ3) is 1.57. The van der Waals surface area contributed by atoms with Gasteiger partial charge in [-0.25, -0.2) is 0 Å². The molecule has 1 heterocycles. The first-order valence-corrected chi connectivity index (χ1v) is 4.68. The van der Waals surface area contributed by atoms with E-state index < -0.39 is 0 Å². The van der Waals surface area contributed by atoms with Gasteiger partial charge in [-0.05, 0) is 33.4 Å².